The van der Waals surface area contributed by atoms with Crippen molar-refractivity contribution in [3.8, 4) is 0 Å². The molecule has 4 rings (SSSR count). The van der Waals surface area contributed by atoms with Crippen molar-refractivity contribution in [2.45, 2.75) is 102 Å². The standard InChI is InChI=1S/C28H45NO8.ClH/c1-7-25(4)17-19(31)28(34)26(5)18(30)10-11-24(2,3)22(26)21(33)23(27(28,6)37-25)36-20(32)9-8-12-29-13-15-35-16-14-29;/h7,18,21-23,30,33-34H,1,8-17H2,2-6H3;1H/t18-,21?,22?,23?,25-,26?,27+,28-;/m0./s1. The van der Waals surface area contributed by atoms with E-state index < -0.39 is 63.6 Å². The molecule has 2 saturated heterocycles. The van der Waals surface area contributed by atoms with E-state index in [1.165, 1.54) is 13.0 Å². The molecule has 218 valence electrons. The monoisotopic (exact) mass is 559 g/mol. The van der Waals surface area contributed by atoms with Gasteiger partial charge in [-0.05, 0) is 45.1 Å². The fraction of sp³-hybridized carbons (Fsp3) is 0.857. The van der Waals surface area contributed by atoms with Gasteiger partial charge >= 0.3 is 5.97 Å². The molecule has 4 unspecified atom stereocenters. The van der Waals surface area contributed by atoms with Crippen molar-refractivity contribution in [1.82, 2.24) is 4.90 Å². The minimum absolute atomic E-state index is 0. The van der Waals surface area contributed by atoms with Gasteiger partial charge in [-0.2, -0.15) is 0 Å². The van der Waals surface area contributed by atoms with E-state index in [2.05, 4.69) is 11.5 Å². The van der Waals surface area contributed by atoms with E-state index >= 15 is 0 Å². The van der Waals surface area contributed by atoms with Gasteiger partial charge in [0.1, 0.15) is 5.60 Å². The molecule has 0 bridgehead atoms. The van der Waals surface area contributed by atoms with E-state index in [0.717, 1.165) is 19.6 Å². The van der Waals surface area contributed by atoms with Gasteiger partial charge in [-0.1, -0.05) is 26.8 Å². The van der Waals surface area contributed by atoms with Gasteiger partial charge in [-0.15, -0.1) is 19.0 Å². The van der Waals surface area contributed by atoms with Crippen LogP contribution in [-0.2, 0) is 23.8 Å². The number of aliphatic hydroxyl groups is 3. The lowest BCUT2D eigenvalue weighted by atomic mass is 9.40. The lowest BCUT2D eigenvalue weighted by Crippen LogP contribution is -2.86. The summed E-state index contributed by atoms with van der Waals surface area (Å²) >= 11 is 0. The first kappa shape index (κ1) is 31.5. The van der Waals surface area contributed by atoms with Crippen LogP contribution < -0.4 is 0 Å². The maximum atomic E-state index is 13.9. The van der Waals surface area contributed by atoms with Crippen molar-refractivity contribution < 1.29 is 39.1 Å². The number of carbonyl (C=O) groups is 2. The molecule has 2 saturated carbocycles. The van der Waals surface area contributed by atoms with Crippen molar-refractivity contribution in [3.05, 3.63) is 12.7 Å². The predicted molar refractivity (Wildman–Crippen MR) is 143 cm³/mol. The Morgan fingerprint density at radius 3 is 2.42 bits per heavy atom. The normalized spacial score (nSPS) is 44.8. The second kappa shape index (κ2) is 10.7. The summed E-state index contributed by atoms with van der Waals surface area (Å²) < 4.78 is 17.8. The third kappa shape index (κ3) is 4.66. The zero-order valence-electron chi connectivity index (χ0n) is 23.4. The molecule has 0 radical (unpaired) electrons. The molecule has 4 aliphatic rings. The van der Waals surface area contributed by atoms with Gasteiger partial charge in [0.05, 0.1) is 31.0 Å². The summed E-state index contributed by atoms with van der Waals surface area (Å²) in [5.41, 5.74) is -7.14. The largest absolute Gasteiger partial charge is 0.456 e. The zero-order chi connectivity index (χ0) is 27.4. The quantitative estimate of drug-likeness (QED) is 0.331. The highest BCUT2D eigenvalue weighted by atomic mass is 35.5. The SMILES string of the molecule is C=C[C@@]1(C)CC(=O)[C@]2(O)C3(C)C(C(O)C(OC(=O)CCCN4CCOCC4)[C@@]2(C)O1)C(C)(C)CC[C@@H]3O.Cl. The molecular formula is C28H46ClNO8. The second-order valence-corrected chi connectivity index (χ2v) is 12.8. The van der Waals surface area contributed by atoms with Gasteiger partial charge in [0.25, 0.3) is 0 Å². The molecule has 0 aromatic carbocycles. The Bertz CT molecular complexity index is 925. The number of fused-ring (bicyclic) bond motifs is 3. The molecular weight excluding hydrogens is 514 g/mol. The van der Waals surface area contributed by atoms with Crippen LogP contribution >= 0.6 is 12.4 Å². The third-order valence-corrected chi connectivity index (χ3v) is 9.94. The first-order valence-corrected chi connectivity index (χ1v) is 13.6. The number of hydrogen-bond donors (Lipinski definition) is 3. The van der Waals surface area contributed by atoms with Crippen LogP contribution in [0.15, 0.2) is 12.7 Å². The average molecular weight is 560 g/mol. The van der Waals surface area contributed by atoms with Crippen LogP contribution in [0, 0.1) is 16.7 Å². The van der Waals surface area contributed by atoms with Crippen LogP contribution in [0.25, 0.3) is 0 Å². The molecule has 2 aliphatic carbocycles. The van der Waals surface area contributed by atoms with Crippen LogP contribution in [-0.4, -0.2) is 99.9 Å². The number of carbonyl (C=O) groups excluding carboxylic acids is 2. The van der Waals surface area contributed by atoms with E-state index in [0.29, 0.717) is 32.5 Å². The van der Waals surface area contributed by atoms with Gasteiger partial charge in [-0.25, -0.2) is 0 Å². The zero-order valence-corrected chi connectivity index (χ0v) is 24.2. The predicted octanol–water partition coefficient (Wildman–Crippen LogP) is 2.03. The number of rotatable bonds is 6. The fourth-order valence-corrected chi connectivity index (χ4v) is 7.95. The smallest absolute Gasteiger partial charge is 0.306 e. The maximum absolute atomic E-state index is 13.9. The van der Waals surface area contributed by atoms with Crippen LogP contribution in [0.3, 0.4) is 0 Å². The van der Waals surface area contributed by atoms with Gasteiger partial charge in [0.2, 0.25) is 0 Å². The van der Waals surface area contributed by atoms with E-state index in [1.54, 1.807) is 13.8 Å². The Morgan fingerprint density at radius 1 is 1.18 bits per heavy atom. The highest BCUT2D eigenvalue weighted by Gasteiger charge is 2.81. The summed E-state index contributed by atoms with van der Waals surface area (Å²) in [7, 11) is 0. The first-order chi connectivity index (χ1) is 17.2. The topological polar surface area (TPSA) is 126 Å². The molecule has 38 heavy (non-hydrogen) atoms. The number of ether oxygens (including phenoxy) is 3. The van der Waals surface area contributed by atoms with Crippen molar-refractivity contribution >= 4 is 24.2 Å². The maximum Gasteiger partial charge on any atom is 0.306 e. The highest BCUT2D eigenvalue weighted by molar-refractivity contribution is 5.92. The van der Waals surface area contributed by atoms with Crippen LogP contribution in [0.5, 0.6) is 0 Å². The first-order valence-electron chi connectivity index (χ1n) is 13.6. The summed E-state index contributed by atoms with van der Waals surface area (Å²) in [6.07, 6.45) is -0.666. The van der Waals surface area contributed by atoms with E-state index in [4.69, 9.17) is 14.2 Å². The molecule has 0 spiro atoms. The van der Waals surface area contributed by atoms with Gasteiger partial charge in [0.15, 0.2) is 17.5 Å². The number of morpholine rings is 1. The van der Waals surface area contributed by atoms with E-state index in [9.17, 15) is 24.9 Å². The molecule has 8 atom stereocenters. The lowest BCUT2D eigenvalue weighted by molar-refractivity contribution is -0.370. The number of nitrogens with zero attached hydrogens (tertiary/aromatic N) is 1. The van der Waals surface area contributed by atoms with Crippen molar-refractivity contribution in [2.24, 2.45) is 16.7 Å². The number of aliphatic hydroxyl groups excluding tert-OH is 2. The van der Waals surface area contributed by atoms with Gasteiger partial charge < -0.3 is 29.5 Å². The van der Waals surface area contributed by atoms with Crippen LogP contribution in [0.1, 0.15) is 66.7 Å². The number of ketones is 1. The second-order valence-electron chi connectivity index (χ2n) is 12.8. The van der Waals surface area contributed by atoms with Crippen molar-refractivity contribution in [1.29, 1.82) is 0 Å². The van der Waals surface area contributed by atoms with E-state index in [1.807, 2.05) is 13.8 Å². The number of hydrogen-bond acceptors (Lipinski definition) is 9. The molecule has 0 aromatic heterocycles. The Morgan fingerprint density at radius 2 is 1.82 bits per heavy atom. The molecule has 2 aliphatic heterocycles. The average Bonchev–Trinajstić information content (AvgIpc) is 2.83. The summed E-state index contributed by atoms with van der Waals surface area (Å²) in [5.74, 6) is -1.76. The van der Waals surface area contributed by atoms with Crippen molar-refractivity contribution in [2.75, 3.05) is 32.8 Å². The van der Waals surface area contributed by atoms with Crippen molar-refractivity contribution in [3.63, 3.8) is 0 Å². The molecule has 9 nitrogen and oxygen atoms in total. The highest BCUT2D eigenvalue weighted by Crippen LogP contribution is 2.67. The lowest BCUT2D eigenvalue weighted by Gasteiger charge is -2.71. The number of esters is 1. The van der Waals surface area contributed by atoms with E-state index in [-0.39, 0.29) is 25.2 Å². The van der Waals surface area contributed by atoms with Crippen LogP contribution in [0.2, 0.25) is 0 Å². The third-order valence-electron chi connectivity index (χ3n) is 9.94. The molecule has 3 N–H and O–H groups in total. The molecule has 0 amide bonds. The molecule has 10 heteroatoms. The van der Waals surface area contributed by atoms with Gasteiger partial charge in [0, 0.05) is 37.3 Å². The van der Waals surface area contributed by atoms with Crippen LogP contribution in [0.4, 0.5) is 0 Å². The summed E-state index contributed by atoms with van der Waals surface area (Å²) in [6, 6.07) is 0. The molecule has 4 fully saturated rings. The molecule has 0 aromatic rings. The Balaban J connectivity index is 0.00000400. The fourth-order valence-electron chi connectivity index (χ4n) is 7.95. The minimum Gasteiger partial charge on any atom is -0.456 e. The summed E-state index contributed by atoms with van der Waals surface area (Å²) in [5, 5.41) is 35.7. The Kier molecular flexibility index (Phi) is 8.88. The number of halogens is 1. The summed E-state index contributed by atoms with van der Waals surface area (Å²) in [4.78, 5) is 29.3. The Hall–Kier alpha value is -1.07. The minimum atomic E-state index is -2.21. The number of Topliss-reactive ketones (excluding diaryl/α,β-unsaturated/α-hetero) is 1. The van der Waals surface area contributed by atoms with Gasteiger partial charge in [-0.3, -0.25) is 14.5 Å². The Labute approximate surface area is 232 Å². The summed E-state index contributed by atoms with van der Waals surface area (Å²) in [6.45, 7) is 16.3. The molecule has 2 heterocycles.